The number of nitrogens with zero attached hydrogens (tertiary/aromatic N) is 3. The topological polar surface area (TPSA) is 83.4 Å². The number of oxime groups is 1. The largest absolute Gasteiger partial charge is 0.382 e. The highest BCUT2D eigenvalue weighted by Gasteiger charge is 2.26. The second kappa shape index (κ2) is 7.25. The Labute approximate surface area is 140 Å². The van der Waals surface area contributed by atoms with E-state index in [0.29, 0.717) is 32.4 Å². The molecule has 2 aliphatic heterocycles. The lowest BCUT2D eigenvalue weighted by Gasteiger charge is -2.24. The minimum atomic E-state index is -0.564. The Hall–Kier alpha value is -2.70. The lowest BCUT2D eigenvalue weighted by atomic mass is 10.0. The third-order valence-corrected chi connectivity index (χ3v) is 3.94. The molecule has 0 aliphatic carbocycles. The van der Waals surface area contributed by atoms with Crippen LogP contribution in [0.2, 0.25) is 0 Å². The fourth-order valence-electron chi connectivity index (χ4n) is 2.65. The molecular weight excluding hydrogens is 308 g/mol. The van der Waals surface area contributed by atoms with Crippen LogP contribution < -0.4 is 5.32 Å². The van der Waals surface area contributed by atoms with Crippen molar-refractivity contribution < 1.29 is 14.4 Å². The molecule has 0 aromatic heterocycles. The number of carbonyl (C=O) groups is 2. The standard InChI is InChI=1S/C17H20N4O3/c1-12-11-15(24-20-12)17(23)18-9-10-21-16(22)8-7-14(19-21)13-5-3-2-4-6-13/h2-6,15H,7-11H2,1H3,(H,18,23)/t15-/m1/s1. The first-order valence-electron chi connectivity index (χ1n) is 8.04. The first-order valence-corrected chi connectivity index (χ1v) is 8.04. The second-order valence-electron chi connectivity index (χ2n) is 5.85. The van der Waals surface area contributed by atoms with Crippen LogP contribution in [0, 0.1) is 0 Å². The third kappa shape index (κ3) is 3.79. The number of benzene rings is 1. The number of rotatable bonds is 5. The summed E-state index contributed by atoms with van der Waals surface area (Å²) in [6, 6.07) is 9.81. The van der Waals surface area contributed by atoms with Crippen molar-refractivity contribution in [3.8, 4) is 0 Å². The molecule has 0 radical (unpaired) electrons. The molecule has 7 heteroatoms. The van der Waals surface area contributed by atoms with Crippen LogP contribution in [-0.2, 0) is 14.4 Å². The molecule has 0 bridgehead atoms. The highest BCUT2D eigenvalue weighted by atomic mass is 16.6. The van der Waals surface area contributed by atoms with Gasteiger partial charge in [-0.2, -0.15) is 5.10 Å². The minimum Gasteiger partial charge on any atom is -0.382 e. The van der Waals surface area contributed by atoms with E-state index in [2.05, 4.69) is 15.6 Å². The molecule has 3 rings (SSSR count). The predicted molar refractivity (Wildman–Crippen MR) is 89.5 cm³/mol. The second-order valence-corrected chi connectivity index (χ2v) is 5.85. The first-order chi connectivity index (χ1) is 11.6. The van der Waals surface area contributed by atoms with Crippen LogP contribution in [0.4, 0.5) is 0 Å². The van der Waals surface area contributed by atoms with Crippen LogP contribution in [0.5, 0.6) is 0 Å². The molecule has 0 saturated carbocycles. The molecule has 1 aromatic carbocycles. The van der Waals surface area contributed by atoms with E-state index in [1.165, 1.54) is 5.01 Å². The number of amides is 2. The van der Waals surface area contributed by atoms with Crippen molar-refractivity contribution in [3.05, 3.63) is 35.9 Å². The van der Waals surface area contributed by atoms with E-state index < -0.39 is 6.10 Å². The monoisotopic (exact) mass is 328 g/mol. The first kappa shape index (κ1) is 16.2. The van der Waals surface area contributed by atoms with Gasteiger partial charge in [0, 0.05) is 25.8 Å². The Morgan fingerprint density at radius 3 is 2.83 bits per heavy atom. The summed E-state index contributed by atoms with van der Waals surface area (Å²) in [7, 11) is 0. The summed E-state index contributed by atoms with van der Waals surface area (Å²) in [5, 5.41) is 12.4. The molecule has 126 valence electrons. The maximum absolute atomic E-state index is 12.0. The Morgan fingerprint density at radius 1 is 1.33 bits per heavy atom. The Balaban J connectivity index is 1.54. The van der Waals surface area contributed by atoms with E-state index in [9.17, 15) is 9.59 Å². The molecule has 2 heterocycles. The van der Waals surface area contributed by atoms with Gasteiger partial charge < -0.3 is 10.2 Å². The molecule has 1 N–H and O–H groups in total. The van der Waals surface area contributed by atoms with Gasteiger partial charge in [0.1, 0.15) is 0 Å². The molecule has 0 unspecified atom stereocenters. The van der Waals surface area contributed by atoms with Crippen molar-refractivity contribution >= 4 is 23.2 Å². The normalized spacial score (nSPS) is 20.3. The van der Waals surface area contributed by atoms with Crippen molar-refractivity contribution in [1.82, 2.24) is 10.3 Å². The zero-order valence-corrected chi connectivity index (χ0v) is 13.6. The van der Waals surface area contributed by atoms with Crippen molar-refractivity contribution in [2.24, 2.45) is 10.3 Å². The number of nitrogens with one attached hydrogen (secondary N) is 1. The molecule has 2 amide bonds. The van der Waals surface area contributed by atoms with E-state index in [-0.39, 0.29) is 11.8 Å². The van der Waals surface area contributed by atoms with Crippen LogP contribution in [0.3, 0.4) is 0 Å². The van der Waals surface area contributed by atoms with E-state index >= 15 is 0 Å². The fourth-order valence-corrected chi connectivity index (χ4v) is 2.65. The molecular formula is C17H20N4O3. The summed E-state index contributed by atoms with van der Waals surface area (Å²) < 4.78 is 0. The number of hydrogen-bond acceptors (Lipinski definition) is 5. The zero-order valence-electron chi connectivity index (χ0n) is 13.6. The van der Waals surface area contributed by atoms with Gasteiger partial charge in [0.05, 0.1) is 18.0 Å². The van der Waals surface area contributed by atoms with Gasteiger partial charge in [-0.3, -0.25) is 9.59 Å². The van der Waals surface area contributed by atoms with Crippen LogP contribution in [0.1, 0.15) is 31.7 Å². The molecule has 0 spiro atoms. The van der Waals surface area contributed by atoms with Crippen LogP contribution in [0.25, 0.3) is 0 Å². The van der Waals surface area contributed by atoms with Crippen LogP contribution >= 0.6 is 0 Å². The van der Waals surface area contributed by atoms with E-state index in [1.54, 1.807) is 0 Å². The van der Waals surface area contributed by atoms with E-state index in [4.69, 9.17) is 4.84 Å². The van der Waals surface area contributed by atoms with Gasteiger partial charge in [0.15, 0.2) is 0 Å². The molecule has 2 aliphatic rings. The summed E-state index contributed by atoms with van der Waals surface area (Å²) in [5.74, 6) is -0.243. The predicted octanol–water partition coefficient (Wildman–Crippen LogP) is 1.29. The molecule has 1 atom stereocenters. The molecule has 0 saturated heterocycles. The number of carbonyl (C=O) groups excluding carboxylic acids is 2. The maximum atomic E-state index is 12.0. The van der Waals surface area contributed by atoms with Gasteiger partial charge >= 0.3 is 0 Å². The molecule has 24 heavy (non-hydrogen) atoms. The quantitative estimate of drug-likeness (QED) is 0.884. The van der Waals surface area contributed by atoms with Gasteiger partial charge in [-0.05, 0) is 12.5 Å². The zero-order chi connectivity index (χ0) is 16.9. The smallest absolute Gasteiger partial charge is 0.264 e. The summed E-state index contributed by atoms with van der Waals surface area (Å²) in [6.07, 6.45) is 1.01. The Morgan fingerprint density at radius 2 is 2.12 bits per heavy atom. The van der Waals surface area contributed by atoms with Gasteiger partial charge in [0.25, 0.3) is 5.91 Å². The van der Waals surface area contributed by atoms with E-state index in [0.717, 1.165) is 17.0 Å². The third-order valence-electron chi connectivity index (χ3n) is 3.94. The van der Waals surface area contributed by atoms with E-state index in [1.807, 2.05) is 37.3 Å². The van der Waals surface area contributed by atoms with Crippen LogP contribution in [-0.4, -0.2) is 47.4 Å². The van der Waals surface area contributed by atoms with Gasteiger partial charge in [-0.25, -0.2) is 5.01 Å². The summed E-state index contributed by atoms with van der Waals surface area (Å²) >= 11 is 0. The molecule has 0 fully saturated rings. The van der Waals surface area contributed by atoms with Gasteiger partial charge in [-0.15, -0.1) is 0 Å². The average molecular weight is 328 g/mol. The van der Waals surface area contributed by atoms with Crippen molar-refractivity contribution in [1.29, 1.82) is 0 Å². The fraction of sp³-hybridized carbons (Fsp3) is 0.412. The molecule has 1 aromatic rings. The Kier molecular flexibility index (Phi) is 4.88. The summed E-state index contributed by atoms with van der Waals surface area (Å²) in [5.41, 5.74) is 2.72. The summed E-state index contributed by atoms with van der Waals surface area (Å²) in [4.78, 5) is 29.0. The van der Waals surface area contributed by atoms with Crippen molar-refractivity contribution in [2.75, 3.05) is 13.1 Å². The molecule has 7 nitrogen and oxygen atoms in total. The highest BCUT2D eigenvalue weighted by molar-refractivity contribution is 6.04. The number of hydrazone groups is 1. The van der Waals surface area contributed by atoms with Gasteiger partial charge in [-0.1, -0.05) is 35.5 Å². The minimum absolute atomic E-state index is 0.0276. The Bertz CT molecular complexity index is 684. The lowest BCUT2D eigenvalue weighted by molar-refractivity contribution is -0.134. The summed E-state index contributed by atoms with van der Waals surface area (Å²) in [6.45, 7) is 2.49. The van der Waals surface area contributed by atoms with Crippen LogP contribution in [0.15, 0.2) is 40.6 Å². The van der Waals surface area contributed by atoms with Gasteiger partial charge in [0.2, 0.25) is 12.0 Å². The average Bonchev–Trinajstić information content (AvgIpc) is 3.04. The lowest BCUT2D eigenvalue weighted by Crippen LogP contribution is -2.41. The van der Waals surface area contributed by atoms with Crippen molar-refractivity contribution in [2.45, 2.75) is 32.3 Å². The highest BCUT2D eigenvalue weighted by Crippen LogP contribution is 2.15. The maximum Gasteiger partial charge on any atom is 0.264 e. The van der Waals surface area contributed by atoms with Crippen molar-refractivity contribution in [3.63, 3.8) is 0 Å². The SMILES string of the molecule is CC1=NO[C@@H](C(=O)NCCN2N=C(c3ccccc3)CCC2=O)C1. The number of hydrogen-bond donors (Lipinski definition) is 1.